The third-order valence-electron chi connectivity index (χ3n) is 2.82. The molecule has 3 N–H and O–H groups in total. The molecule has 1 atom stereocenters. The molecule has 1 aromatic rings. The Morgan fingerprint density at radius 3 is 2.78 bits per heavy atom. The summed E-state index contributed by atoms with van der Waals surface area (Å²) < 4.78 is 0. The van der Waals surface area contributed by atoms with E-state index in [4.69, 9.17) is 5.11 Å². The number of phenols is 1. The lowest BCUT2D eigenvalue weighted by Gasteiger charge is -2.14. The summed E-state index contributed by atoms with van der Waals surface area (Å²) in [7, 11) is 0. The summed E-state index contributed by atoms with van der Waals surface area (Å²) in [6.07, 6.45) is 3.59. The molecule has 0 saturated heterocycles. The predicted octanol–water partition coefficient (Wildman–Crippen LogP) is 2.17. The molecular weight excluding hydrogens is 230 g/mol. The van der Waals surface area contributed by atoms with Crippen LogP contribution >= 0.6 is 0 Å². The summed E-state index contributed by atoms with van der Waals surface area (Å²) in [6.45, 7) is 2.82. The van der Waals surface area contributed by atoms with Gasteiger partial charge in [-0.05, 0) is 37.1 Å². The zero-order valence-electron chi connectivity index (χ0n) is 10.7. The van der Waals surface area contributed by atoms with Crippen molar-refractivity contribution in [3.63, 3.8) is 0 Å². The molecule has 0 radical (unpaired) electrons. The largest absolute Gasteiger partial charge is 0.508 e. The van der Waals surface area contributed by atoms with Gasteiger partial charge >= 0.3 is 5.97 Å². The molecule has 0 aromatic heterocycles. The topological polar surface area (TPSA) is 69.6 Å². The van der Waals surface area contributed by atoms with Crippen LogP contribution in [-0.2, 0) is 11.2 Å². The minimum atomic E-state index is -0.852. The molecule has 0 saturated carbocycles. The second kappa shape index (κ2) is 7.71. The first-order chi connectivity index (χ1) is 8.63. The van der Waals surface area contributed by atoms with Gasteiger partial charge in [0.25, 0.3) is 0 Å². The van der Waals surface area contributed by atoms with E-state index in [1.807, 2.05) is 6.07 Å². The molecular formula is C14H21NO3. The van der Waals surface area contributed by atoms with Crippen LogP contribution in [0.4, 0.5) is 0 Å². The maximum Gasteiger partial charge on any atom is 0.321 e. The third kappa shape index (κ3) is 5.19. The molecule has 0 amide bonds. The van der Waals surface area contributed by atoms with E-state index in [1.54, 1.807) is 18.2 Å². The van der Waals surface area contributed by atoms with Crippen LogP contribution in [0.25, 0.3) is 0 Å². The molecule has 0 fully saturated rings. The van der Waals surface area contributed by atoms with E-state index in [-0.39, 0.29) is 5.75 Å². The molecule has 0 aliphatic rings. The molecule has 0 bridgehead atoms. The summed E-state index contributed by atoms with van der Waals surface area (Å²) in [5, 5.41) is 21.5. The van der Waals surface area contributed by atoms with Crippen LogP contribution in [0.5, 0.6) is 5.75 Å². The average Bonchev–Trinajstić information content (AvgIpc) is 2.33. The Kier molecular flexibility index (Phi) is 6.22. The van der Waals surface area contributed by atoms with E-state index in [0.29, 0.717) is 13.0 Å². The molecule has 100 valence electrons. The fraction of sp³-hybridized carbons (Fsp3) is 0.500. The highest BCUT2D eigenvalue weighted by Gasteiger charge is 2.16. The lowest BCUT2D eigenvalue weighted by Crippen LogP contribution is -2.39. The van der Waals surface area contributed by atoms with Gasteiger partial charge in [-0.1, -0.05) is 31.9 Å². The number of phenolic OH excluding ortho intramolecular Hbond substituents is 1. The summed E-state index contributed by atoms with van der Waals surface area (Å²) in [4.78, 5) is 11.1. The number of benzene rings is 1. The molecule has 18 heavy (non-hydrogen) atoms. The van der Waals surface area contributed by atoms with E-state index in [9.17, 15) is 9.90 Å². The lowest BCUT2D eigenvalue weighted by molar-refractivity contribution is -0.139. The fourth-order valence-corrected chi connectivity index (χ4v) is 1.82. The number of aromatic hydroxyl groups is 1. The summed E-state index contributed by atoms with van der Waals surface area (Å²) >= 11 is 0. The SMILES string of the molecule is CCCCCN[C@@H](Cc1cccc(O)c1)C(=O)O. The van der Waals surface area contributed by atoms with Gasteiger partial charge in [0.2, 0.25) is 0 Å². The summed E-state index contributed by atoms with van der Waals surface area (Å²) in [5.41, 5.74) is 0.824. The minimum Gasteiger partial charge on any atom is -0.508 e. The quantitative estimate of drug-likeness (QED) is 0.619. The second-order valence-electron chi connectivity index (χ2n) is 4.43. The van der Waals surface area contributed by atoms with Crippen molar-refractivity contribution in [3.8, 4) is 5.75 Å². The number of nitrogens with one attached hydrogen (secondary N) is 1. The van der Waals surface area contributed by atoms with Crippen molar-refractivity contribution in [2.75, 3.05) is 6.54 Å². The number of carboxylic acids is 1. The first kappa shape index (κ1) is 14.5. The molecule has 1 rings (SSSR count). The van der Waals surface area contributed by atoms with E-state index in [0.717, 1.165) is 24.8 Å². The molecule has 1 aromatic carbocycles. The van der Waals surface area contributed by atoms with Crippen molar-refractivity contribution in [3.05, 3.63) is 29.8 Å². The van der Waals surface area contributed by atoms with Gasteiger partial charge in [-0.2, -0.15) is 0 Å². The van der Waals surface area contributed by atoms with Gasteiger partial charge < -0.3 is 15.5 Å². The van der Waals surface area contributed by atoms with Gasteiger partial charge in [-0.15, -0.1) is 0 Å². The minimum absolute atomic E-state index is 0.169. The van der Waals surface area contributed by atoms with Crippen molar-refractivity contribution >= 4 is 5.97 Å². The number of hydrogen-bond acceptors (Lipinski definition) is 3. The maximum atomic E-state index is 11.1. The van der Waals surface area contributed by atoms with Gasteiger partial charge in [0.1, 0.15) is 11.8 Å². The summed E-state index contributed by atoms with van der Waals surface area (Å²) in [6, 6.07) is 6.13. The molecule has 4 heteroatoms. The number of hydrogen-bond donors (Lipinski definition) is 3. The van der Waals surface area contributed by atoms with E-state index < -0.39 is 12.0 Å². The summed E-state index contributed by atoms with van der Waals surface area (Å²) in [5.74, 6) is -0.683. The number of rotatable bonds is 8. The van der Waals surface area contributed by atoms with Crippen LogP contribution in [0.1, 0.15) is 31.7 Å². The van der Waals surface area contributed by atoms with Gasteiger partial charge in [0.15, 0.2) is 0 Å². The fourth-order valence-electron chi connectivity index (χ4n) is 1.82. The average molecular weight is 251 g/mol. The van der Waals surface area contributed by atoms with E-state index in [2.05, 4.69) is 12.2 Å². The lowest BCUT2D eigenvalue weighted by atomic mass is 10.1. The monoisotopic (exact) mass is 251 g/mol. The van der Waals surface area contributed by atoms with E-state index in [1.165, 1.54) is 0 Å². The van der Waals surface area contributed by atoms with Crippen LogP contribution in [0.2, 0.25) is 0 Å². The van der Waals surface area contributed by atoms with Gasteiger partial charge in [-0.3, -0.25) is 4.79 Å². The van der Waals surface area contributed by atoms with Gasteiger partial charge in [0, 0.05) is 0 Å². The highest BCUT2D eigenvalue weighted by Crippen LogP contribution is 2.12. The van der Waals surface area contributed by atoms with Crippen molar-refractivity contribution in [2.45, 2.75) is 38.6 Å². The number of carboxylic acid groups (broad SMARTS) is 1. The molecule has 0 aliphatic carbocycles. The zero-order chi connectivity index (χ0) is 13.4. The molecule has 0 aliphatic heterocycles. The van der Waals surface area contributed by atoms with Crippen LogP contribution in [0.3, 0.4) is 0 Å². The Hall–Kier alpha value is -1.55. The van der Waals surface area contributed by atoms with Crippen molar-refractivity contribution in [1.29, 1.82) is 0 Å². The Morgan fingerprint density at radius 1 is 1.39 bits per heavy atom. The smallest absolute Gasteiger partial charge is 0.321 e. The van der Waals surface area contributed by atoms with Gasteiger partial charge in [-0.25, -0.2) is 0 Å². The standard InChI is InChI=1S/C14H21NO3/c1-2-3-4-8-15-13(14(17)18)10-11-6-5-7-12(16)9-11/h5-7,9,13,15-16H,2-4,8,10H2,1H3,(H,17,18)/t13-/m0/s1. The molecule has 0 unspecified atom stereocenters. The van der Waals surface area contributed by atoms with Crippen molar-refractivity contribution in [1.82, 2.24) is 5.32 Å². The van der Waals surface area contributed by atoms with Crippen LogP contribution in [-0.4, -0.2) is 28.8 Å². The Morgan fingerprint density at radius 2 is 2.17 bits per heavy atom. The first-order valence-corrected chi connectivity index (χ1v) is 6.37. The van der Waals surface area contributed by atoms with Crippen LogP contribution < -0.4 is 5.32 Å². The van der Waals surface area contributed by atoms with Crippen LogP contribution in [0, 0.1) is 0 Å². The number of unbranched alkanes of at least 4 members (excludes halogenated alkanes) is 2. The normalized spacial score (nSPS) is 12.3. The van der Waals surface area contributed by atoms with Crippen molar-refractivity contribution < 1.29 is 15.0 Å². The number of aliphatic carboxylic acids is 1. The molecule has 4 nitrogen and oxygen atoms in total. The molecule has 0 heterocycles. The van der Waals surface area contributed by atoms with Crippen LogP contribution in [0.15, 0.2) is 24.3 Å². The predicted molar refractivity (Wildman–Crippen MR) is 70.8 cm³/mol. The Balaban J connectivity index is 2.50. The zero-order valence-corrected chi connectivity index (χ0v) is 10.7. The van der Waals surface area contributed by atoms with Crippen molar-refractivity contribution in [2.24, 2.45) is 0 Å². The maximum absolute atomic E-state index is 11.1. The van der Waals surface area contributed by atoms with E-state index >= 15 is 0 Å². The first-order valence-electron chi connectivity index (χ1n) is 6.37. The highest BCUT2D eigenvalue weighted by atomic mass is 16.4. The molecule has 0 spiro atoms. The second-order valence-corrected chi connectivity index (χ2v) is 4.43. The third-order valence-corrected chi connectivity index (χ3v) is 2.82. The Labute approximate surface area is 108 Å². The van der Waals surface area contributed by atoms with Gasteiger partial charge in [0.05, 0.1) is 0 Å². The Bertz CT molecular complexity index is 379. The highest BCUT2D eigenvalue weighted by molar-refractivity contribution is 5.73. The number of carbonyl (C=O) groups is 1.